The Bertz CT molecular complexity index is 550. The first-order valence-electron chi connectivity index (χ1n) is 6.85. The number of anilines is 1. The van der Waals surface area contributed by atoms with Crippen molar-refractivity contribution >= 4 is 27.5 Å². The number of thioether (sulfide) groups is 1. The van der Waals surface area contributed by atoms with E-state index in [9.17, 15) is 8.42 Å². The predicted molar refractivity (Wildman–Crippen MR) is 85.3 cm³/mol. The van der Waals surface area contributed by atoms with Gasteiger partial charge in [-0.15, -0.1) is 11.8 Å². The Morgan fingerprint density at radius 3 is 2.45 bits per heavy atom. The van der Waals surface area contributed by atoms with Crippen molar-refractivity contribution in [3.63, 3.8) is 0 Å². The maximum atomic E-state index is 12.3. The minimum Gasteiger partial charge on any atom is -0.398 e. The molecule has 1 aromatic carbocycles. The standard InChI is InChI=1S/C14H22N2O2S2/c1-11-9-16(10-12(11)2)20(17,18)8-7-19-14-6-4-3-5-13(14)15/h3-6,11-12H,7-10,15H2,1-2H3. The molecular formula is C14H22N2O2S2. The van der Waals surface area contributed by atoms with Crippen LogP contribution in [0.15, 0.2) is 29.2 Å². The number of nitrogens with two attached hydrogens (primary N) is 1. The SMILES string of the molecule is CC1CN(S(=O)(=O)CCSc2ccccc2N)CC1C. The Balaban J connectivity index is 1.89. The van der Waals surface area contributed by atoms with Gasteiger partial charge in [-0.1, -0.05) is 26.0 Å². The van der Waals surface area contributed by atoms with Crippen LogP contribution in [0.4, 0.5) is 5.69 Å². The maximum absolute atomic E-state index is 12.3. The van der Waals surface area contributed by atoms with Crippen molar-refractivity contribution in [1.29, 1.82) is 0 Å². The molecule has 112 valence electrons. The summed E-state index contributed by atoms with van der Waals surface area (Å²) in [5, 5.41) is 0. The summed E-state index contributed by atoms with van der Waals surface area (Å²) < 4.78 is 26.2. The van der Waals surface area contributed by atoms with Crippen LogP contribution in [0.5, 0.6) is 0 Å². The summed E-state index contributed by atoms with van der Waals surface area (Å²) >= 11 is 1.50. The van der Waals surface area contributed by atoms with Gasteiger partial charge in [0.2, 0.25) is 10.0 Å². The number of sulfonamides is 1. The van der Waals surface area contributed by atoms with Crippen LogP contribution in [-0.2, 0) is 10.0 Å². The van der Waals surface area contributed by atoms with Gasteiger partial charge in [0, 0.05) is 29.4 Å². The molecule has 2 unspecified atom stereocenters. The highest BCUT2D eigenvalue weighted by atomic mass is 32.2. The highest BCUT2D eigenvalue weighted by molar-refractivity contribution is 8.00. The second-order valence-corrected chi connectivity index (χ2v) is 8.70. The minimum atomic E-state index is -3.14. The number of nitrogens with zero attached hydrogens (tertiary/aromatic N) is 1. The van der Waals surface area contributed by atoms with E-state index < -0.39 is 10.0 Å². The zero-order chi connectivity index (χ0) is 14.8. The van der Waals surface area contributed by atoms with Crippen molar-refractivity contribution in [3.8, 4) is 0 Å². The Labute approximate surface area is 125 Å². The van der Waals surface area contributed by atoms with Gasteiger partial charge in [0.1, 0.15) is 0 Å². The van der Waals surface area contributed by atoms with Crippen LogP contribution in [0.3, 0.4) is 0 Å². The van der Waals surface area contributed by atoms with E-state index in [4.69, 9.17) is 5.73 Å². The normalized spacial score (nSPS) is 24.1. The summed E-state index contributed by atoms with van der Waals surface area (Å²) in [4.78, 5) is 0.950. The summed E-state index contributed by atoms with van der Waals surface area (Å²) in [6.07, 6.45) is 0. The molecule has 0 saturated carbocycles. The smallest absolute Gasteiger partial charge is 0.214 e. The molecule has 1 fully saturated rings. The molecule has 1 aliphatic rings. The number of benzene rings is 1. The zero-order valence-electron chi connectivity index (χ0n) is 12.0. The third-order valence-corrected chi connectivity index (χ3v) is 7.02. The summed E-state index contributed by atoms with van der Waals surface area (Å²) in [6.45, 7) is 5.53. The molecule has 0 radical (unpaired) electrons. The second kappa shape index (κ2) is 6.37. The number of rotatable bonds is 5. The van der Waals surface area contributed by atoms with E-state index in [0.29, 0.717) is 36.4 Å². The summed E-state index contributed by atoms with van der Waals surface area (Å²) in [7, 11) is -3.14. The highest BCUT2D eigenvalue weighted by Gasteiger charge is 2.33. The van der Waals surface area contributed by atoms with E-state index in [1.54, 1.807) is 4.31 Å². The van der Waals surface area contributed by atoms with Crippen LogP contribution in [0.1, 0.15) is 13.8 Å². The second-order valence-electron chi connectivity index (χ2n) is 5.47. The number of nitrogen functional groups attached to an aromatic ring is 1. The van der Waals surface area contributed by atoms with Gasteiger partial charge < -0.3 is 5.73 Å². The van der Waals surface area contributed by atoms with E-state index in [0.717, 1.165) is 4.90 Å². The molecule has 2 rings (SSSR count). The van der Waals surface area contributed by atoms with Gasteiger partial charge in [-0.2, -0.15) is 0 Å². The van der Waals surface area contributed by atoms with Crippen LogP contribution in [-0.4, -0.2) is 37.3 Å². The van der Waals surface area contributed by atoms with E-state index in [-0.39, 0.29) is 5.75 Å². The topological polar surface area (TPSA) is 63.4 Å². The summed E-state index contributed by atoms with van der Waals surface area (Å²) in [6, 6.07) is 7.55. The third kappa shape index (κ3) is 3.68. The average molecular weight is 314 g/mol. The molecular weight excluding hydrogens is 292 g/mol. The van der Waals surface area contributed by atoms with Gasteiger partial charge in [0.25, 0.3) is 0 Å². The monoisotopic (exact) mass is 314 g/mol. The molecule has 0 aromatic heterocycles. The summed E-state index contributed by atoms with van der Waals surface area (Å²) in [5.41, 5.74) is 6.55. The lowest BCUT2D eigenvalue weighted by Gasteiger charge is -2.16. The summed E-state index contributed by atoms with van der Waals surface area (Å²) in [5.74, 6) is 1.60. The first-order chi connectivity index (χ1) is 9.40. The number of hydrogen-bond donors (Lipinski definition) is 1. The molecule has 2 atom stereocenters. The van der Waals surface area contributed by atoms with Gasteiger partial charge >= 0.3 is 0 Å². The van der Waals surface area contributed by atoms with Crippen LogP contribution < -0.4 is 5.73 Å². The Morgan fingerprint density at radius 1 is 1.25 bits per heavy atom. The number of hydrogen-bond acceptors (Lipinski definition) is 4. The zero-order valence-corrected chi connectivity index (χ0v) is 13.6. The van der Waals surface area contributed by atoms with Crippen LogP contribution in [0.25, 0.3) is 0 Å². The van der Waals surface area contributed by atoms with Crippen molar-refractivity contribution in [2.45, 2.75) is 18.7 Å². The fourth-order valence-corrected chi connectivity index (χ4v) is 5.29. The average Bonchev–Trinajstić information content (AvgIpc) is 2.73. The van der Waals surface area contributed by atoms with Crippen LogP contribution in [0, 0.1) is 11.8 Å². The third-order valence-electron chi connectivity index (χ3n) is 3.87. The molecule has 1 aliphatic heterocycles. The molecule has 4 nitrogen and oxygen atoms in total. The van der Waals surface area contributed by atoms with Gasteiger partial charge in [0.05, 0.1) is 5.75 Å². The maximum Gasteiger partial charge on any atom is 0.214 e. The molecule has 1 saturated heterocycles. The molecule has 0 amide bonds. The fourth-order valence-electron chi connectivity index (χ4n) is 2.30. The highest BCUT2D eigenvalue weighted by Crippen LogP contribution is 2.27. The van der Waals surface area contributed by atoms with Crippen molar-refractivity contribution in [2.75, 3.05) is 30.3 Å². The van der Waals surface area contributed by atoms with Gasteiger partial charge in [-0.3, -0.25) is 0 Å². The van der Waals surface area contributed by atoms with Crippen molar-refractivity contribution in [1.82, 2.24) is 4.31 Å². The largest absolute Gasteiger partial charge is 0.398 e. The molecule has 1 heterocycles. The first kappa shape index (κ1) is 15.7. The minimum absolute atomic E-state index is 0.172. The Morgan fingerprint density at radius 2 is 1.85 bits per heavy atom. The van der Waals surface area contributed by atoms with Crippen LogP contribution in [0.2, 0.25) is 0 Å². The molecule has 0 bridgehead atoms. The molecule has 20 heavy (non-hydrogen) atoms. The van der Waals surface area contributed by atoms with E-state index >= 15 is 0 Å². The lowest BCUT2D eigenvalue weighted by Crippen LogP contribution is -2.32. The lowest BCUT2D eigenvalue weighted by atomic mass is 10.0. The molecule has 6 heteroatoms. The molecule has 0 spiro atoms. The van der Waals surface area contributed by atoms with E-state index in [1.165, 1.54) is 11.8 Å². The fraction of sp³-hybridized carbons (Fsp3) is 0.571. The quantitative estimate of drug-likeness (QED) is 0.669. The predicted octanol–water partition coefficient (Wildman–Crippen LogP) is 2.28. The van der Waals surface area contributed by atoms with Gasteiger partial charge in [-0.05, 0) is 24.0 Å². The molecule has 1 aromatic rings. The Hall–Kier alpha value is -0.720. The molecule has 2 N–H and O–H groups in total. The first-order valence-corrected chi connectivity index (χ1v) is 9.45. The van der Waals surface area contributed by atoms with Crippen molar-refractivity contribution in [2.24, 2.45) is 11.8 Å². The lowest BCUT2D eigenvalue weighted by molar-refractivity contribution is 0.464. The van der Waals surface area contributed by atoms with Gasteiger partial charge in [0.15, 0.2) is 0 Å². The van der Waals surface area contributed by atoms with Crippen LogP contribution >= 0.6 is 11.8 Å². The van der Waals surface area contributed by atoms with Crippen molar-refractivity contribution < 1.29 is 8.42 Å². The van der Waals surface area contributed by atoms with Gasteiger partial charge in [-0.25, -0.2) is 12.7 Å². The van der Waals surface area contributed by atoms with E-state index in [2.05, 4.69) is 13.8 Å². The Kier molecular flexibility index (Phi) is 4.99. The number of para-hydroxylation sites is 1. The van der Waals surface area contributed by atoms with E-state index in [1.807, 2.05) is 24.3 Å². The van der Waals surface area contributed by atoms with Crippen molar-refractivity contribution in [3.05, 3.63) is 24.3 Å². The molecule has 0 aliphatic carbocycles.